The van der Waals surface area contributed by atoms with Gasteiger partial charge in [0.25, 0.3) is 0 Å². The van der Waals surface area contributed by atoms with E-state index in [0.717, 1.165) is 17.4 Å². The lowest BCUT2D eigenvalue weighted by molar-refractivity contribution is -0.143. The smallest absolute Gasteiger partial charge is 0.306 e. The molecule has 86 valence electrons. The van der Waals surface area contributed by atoms with Crippen molar-refractivity contribution in [3.63, 3.8) is 0 Å². The van der Waals surface area contributed by atoms with Crippen LogP contribution in [-0.4, -0.2) is 18.9 Å². The molecule has 1 aromatic carbocycles. The van der Waals surface area contributed by atoms with Crippen LogP contribution in [0.15, 0.2) is 18.2 Å². The Morgan fingerprint density at radius 3 is 2.81 bits per heavy atom. The molecule has 0 atom stereocenters. The zero-order valence-corrected chi connectivity index (χ0v) is 9.66. The second kappa shape index (κ2) is 6.05. The van der Waals surface area contributed by atoms with Crippen LogP contribution in [-0.2, 0) is 16.0 Å². The van der Waals surface area contributed by atoms with Crippen molar-refractivity contribution in [3.05, 3.63) is 34.9 Å². The second-order valence-electron chi connectivity index (χ2n) is 3.61. The average molecular weight is 220 g/mol. The van der Waals surface area contributed by atoms with Crippen molar-refractivity contribution >= 4 is 12.3 Å². The largest absolute Gasteiger partial charge is 0.466 e. The molecule has 0 unspecified atom stereocenters. The minimum absolute atomic E-state index is 0.198. The lowest BCUT2D eigenvalue weighted by Crippen LogP contribution is -2.05. The number of carbonyl (C=O) groups is 2. The van der Waals surface area contributed by atoms with Gasteiger partial charge in [0.2, 0.25) is 0 Å². The summed E-state index contributed by atoms with van der Waals surface area (Å²) in [7, 11) is 0. The van der Waals surface area contributed by atoms with Crippen LogP contribution in [0.5, 0.6) is 0 Å². The molecule has 0 aromatic heterocycles. The fourth-order valence-corrected chi connectivity index (χ4v) is 1.45. The zero-order chi connectivity index (χ0) is 12.0. The van der Waals surface area contributed by atoms with E-state index in [1.54, 1.807) is 6.92 Å². The summed E-state index contributed by atoms with van der Waals surface area (Å²) in [6, 6.07) is 5.65. The van der Waals surface area contributed by atoms with Gasteiger partial charge in [0.1, 0.15) is 6.29 Å². The Morgan fingerprint density at radius 1 is 1.44 bits per heavy atom. The van der Waals surface area contributed by atoms with Crippen LogP contribution in [0.3, 0.4) is 0 Å². The van der Waals surface area contributed by atoms with Crippen molar-refractivity contribution < 1.29 is 14.3 Å². The summed E-state index contributed by atoms with van der Waals surface area (Å²) >= 11 is 0. The highest BCUT2D eigenvalue weighted by atomic mass is 16.5. The molecule has 0 amide bonds. The van der Waals surface area contributed by atoms with Crippen LogP contribution in [0.25, 0.3) is 0 Å². The van der Waals surface area contributed by atoms with Crippen LogP contribution in [0, 0.1) is 6.92 Å². The maximum absolute atomic E-state index is 11.1. The molecule has 0 aliphatic rings. The molecule has 0 fully saturated rings. The van der Waals surface area contributed by atoms with Crippen molar-refractivity contribution in [1.29, 1.82) is 0 Å². The fraction of sp³-hybridized carbons (Fsp3) is 0.385. The Labute approximate surface area is 95.4 Å². The first-order valence-electron chi connectivity index (χ1n) is 5.37. The lowest BCUT2D eigenvalue weighted by atomic mass is 10.0. The predicted molar refractivity (Wildman–Crippen MR) is 61.5 cm³/mol. The summed E-state index contributed by atoms with van der Waals surface area (Å²) in [5.41, 5.74) is 2.62. The lowest BCUT2D eigenvalue weighted by Gasteiger charge is -2.04. The van der Waals surface area contributed by atoms with Gasteiger partial charge >= 0.3 is 5.97 Å². The van der Waals surface area contributed by atoms with Gasteiger partial charge in [0, 0.05) is 12.0 Å². The Balaban J connectivity index is 2.61. The molecule has 0 spiro atoms. The normalized spacial score (nSPS) is 9.88. The van der Waals surface area contributed by atoms with E-state index in [-0.39, 0.29) is 5.97 Å². The SMILES string of the molecule is CCOC(=O)CCc1ccc(C)c(C=O)c1. The number of esters is 1. The number of hydrogen-bond donors (Lipinski definition) is 0. The number of hydrogen-bond acceptors (Lipinski definition) is 3. The van der Waals surface area contributed by atoms with Gasteiger partial charge in [-0.2, -0.15) is 0 Å². The molecule has 1 rings (SSSR count). The highest BCUT2D eigenvalue weighted by Crippen LogP contribution is 2.11. The summed E-state index contributed by atoms with van der Waals surface area (Å²) in [4.78, 5) is 21.9. The molecular weight excluding hydrogens is 204 g/mol. The number of rotatable bonds is 5. The van der Waals surface area contributed by atoms with Crippen LogP contribution < -0.4 is 0 Å². The molecule has 1 aromatic rings. The zero-order valence-electron chi connectivity index (χ0n) is 9.66. The average Bonchev–Trinajstić information content (AvgIpc) is 2.28. The van der Waals surface area contributed by atoms with Crippen molar-refractivity contribution in [2.24, 2.45) is 0 Å². The van der Waals surface area contributed by atoms with E-state index in [0.29, 0.717) is 25.0 Å². The molecule has 0 N–H and O–H groups in total. The number of aldehydes is 1. The number of aryl methyl sites for hydroxylation is 2. The van der Waals surface area contributed by atoms with Crippen molar-refractivity contribution in [1.82, 2.24) is 0 Å². The Kier molecular flexibility index (Phi) is 4.70. The molecule has 3 nitrogen and oxygen atoms in total. The topological polar surface area (TPSA) is 43.4 Å². The molecular formula is C13H16O3. The molecule has 0 heterocycles. The van der Waals surface area contributed by atoms with Crippen molar-refractivity contribution in [2.75, 3.05) is 6.61 Å². The van der Waals surface area contributed by atoms with E-state index in [2.05, 4.69) is 0 Å². The molecule has 3 heteroatoms. The third-order valence-corrected chi connectivity index (χ3v) is 2.39. The van der Waals surface area contributed by atoms with Crippen LogP contribution in [0.1, 0.15) is 34.8 Å². The molecule has 0 saturated carbocycles. The molecule has 0 bridgehead atoms. The van der Waals surface area contributed by atoms with Crippen LogP contribution in [0.2, 0.25) is 0 Å². The summed E-state index contributed by atoms with van der Waals surface area (Å²) in [5.74, 6) is -0.198. The number of ether oxygens (including phenoxy) is 1. The third kappa shape index (κ3) is 3.50. The number of carbonyl (C=O) groups excluding carboxylic acids is 2. The molecule has 0 radical (unpaired) electrons. The highest BCUT2D eigenvalue weighted by molar-refractivity contribution is 5.77. The fourth-order valence-electron chi connectivity index (χ4n) is 1.45. The van der Waals surface area contributed by atoms with Gasteiger partial charge in [-0.25, -0.2) is 0 Å². The molecule has 16 heavy (non-hydrogen) atoms. The maximum atomic E-state index is 11.1. The first-order chi connectivity index (χ1) is 7.67. The van der Waals surface area contributed by atoms with E-state index >= 15 is 0 Å². The highest BCUT2D eigenvalue weighted by Gasteiger charge is 2.04. The summed E-state index contributed by atoms with van der Waals surface area (Å²) in [6.45, 7) is 4.08. The summed E-state index contributed by atoms with van der Waals surface area (Å²) < 4.78 is 4.84. The Hall–Kier alpha value is -1.64. The molecule has 0 aliphatic carbocycles. The van der Waals surface area contributed by atoms with Crippen molar-refractivity contribution in [3.8, 4) is 0 Å². The van der Waals surface area contributed by atoms with Gasteiger partial charge in [-0.3, -0.25) is 9.59 Å². The van der Waals surface area contributed by atoms with Crippen molar-refractivity contribution in [2.45, 2.75) is 26.7 Å². The second-order valence-corrected chi connectivity index (χ2v) is 3.61. The summed E-state index contributed by atoms with van der Waals surface area (Å²) in [5, 5.41) is 0. The first-order valence-corrected chi connectivity index (χ1v) is 5.37. The Morgan fingerprint density at radius 2 is 2.19 bits per heavy atom. The van der Waals surface area contributed by atoms with Crippen LogP contribution in [0.4, 0.5) is 0 Å². The van der Waals surface area contributed by atoms with Gasteiger partial charge < -0.3 is 4.74 Å². The monoisotopic (exact) mass is 220 g/mol. The van der Waals surface area contributed by atoms with Gasteiger partial charge in [0.05, 0.1) is 6.61 Å². The van der Waals surface area contributed by atoms with E-state index in [1.165, 1.54) is 0 Å². The Bertz CT molecular complexity index is 383. The van der Waals surface area contributed by atoms with Gasteiger partial charge in [-0.15, -0.1) is 0 Å². The first kappa shape index (κ1) is 12.4. The predicted octanol–water partition coefficient (Wildman–Crippen LogP) is 2.30. The number of benzene rings is 1. The van der Waals surface area contributed by atoms with E-state index in [1.807, 2.05) is 25.1 Å². The van der Waals surface area contributed by atoms with Gasteiger partial charge in [0.15, 0.2) is 0 Å². The van der Waals surface area contributed by atoms with E-state index in [9.17, 15) is 9.59 Å². The van der Waals surface area contributed by atoms with E-state index < -0.39 is 0 Å². The third-order valence-electron chi connectivity index (χ3n) is 2.39. The van der Waals surface area contributed by atoms with Gasteiger partial charge in [-0.05, 0) is 37.5 Å². The maximum Gasteiger partial charge on any atom is 0.306 e. The molecule has 0 saturated heterocycles. The van der Waals surface area contributed by atoms with E-state index in [4.69, 9.17) is 4.74 Å². The van der Waals surface area contributed by atoms with Gasteiger partial charge in [-0.1, -0.05) is 12.1 Å². The van der Waals surface area contributed by atoms with Crippen LogP contribution >= 0.6 is 0 Å². The minimum Gasteiger partial charge on any atom is -0.466 e. The standard InChI is InChI=1S/C13H16O3/c1-3-16-13(15)7-6-11-5-4-10(2)12(8-11)9-14/h4-5,8-9H,3,6-7H2,1-2H3. The quantitative estimate of drug-likeness (QED) is 0.565. The molecule has 0 aliphatic heterocycles. The summed E-state index contributed by atoms with van der Waals surface area (Å²) in [6.07, 6.45) is 1.80. The minimum atomic E-state index is -0.198.